The smallest absolute Gasteiger partial charge is 0.268 e. The maximum absolute atomic E-state index is 13.7. The van der Waals surface area contributed by atoms with Gasteiger partial charge in [-0.05, 0) is 43.7 Å². The van der Waals surface area contributed by atoms with Crippen molar-refractivity contribution in [3.05, 3.63) is 92.3 Å². The molecule has 6 nitrogen and oxygen atoms in total. The van der Waals surface area contributed by atoms with E-state index in [1.54, 1.807) is 16.7 Å². The van der Waals surface area contributed by atoms with Crippen molar-refractivity contribution in [3.63, 3.8) is 0 Å². The van der Waals surface area contributed by atoms with E-state index in [4.69, 9.17) is 14.7 Å². The van der Waals surface area contributed by atoms with Crippen molar-refractivity contribution in [1.29, 1.82) is 0 Å². The Hall–Kier alpha value is -2.81. The number of ether oxygens (including phenoxy) is 1. The highest BCUT2D eigenvalue weighted by Gasteiger charge is 2.31. The van der Waals surface area contributed by atoms with E-state index in [-0.39, 0.29) is 22.7 Å². The van der Waals surface area contributed by atoms with Crippen LogP contribution >= 0.6 is 27.7 Å². The number of hydrogen-bond acceptors (Lipinski definition) is 6. The number of aromatic nitrogens is 3. The van der Waals surface area contributed by atoms with Gasteiger partial charge in [0.1, 0.15) is 0 Å². The fraction of sp³-hybridized carbons (Fsp3) is 0.259. The third kappa shape index (κ3) is 4.83. The summed E-state index contributed by atoms with van der Waals surface area (Å²) < 4.78 is 8.55. The van der Waals surface area contributed by atoms with Crippen molar-refractivity contribution in [1.82, 2.24) is 14.5 Å². The predicted octanol–water partition coefficient (Wildman–Crippen LogP) is 5.76. The first-order valence-corrected chi connectivity index (χ1v) is 13.2. The number of Topliss-reactive ketones (excluding diaryl/α,β-unsaturated/α-hetero) is 1. The largest absolute Gasteiger partial charge is 0.370 e. The molecule has 178 valence electrons. The zero-order valence-electron chi connectivity index (χ0n) is 19.5. The minimum absolute atomic E-state index is 0.0364. The summed E-state index contributed by atoms with van der Waals surface area (Å²) in [6.07, 6.45) is 1.54. The van der Waals surface area contributed by atoms with Crippen molar-refractivity contribution in [2.75, 3.05) is 5.75 Å². The molecule has 0 saturated carbocycles. The molecule has 0 unspecified atom stereocenters. The number of fused-ring (bicyclic) bond motifs is 2. The van der Waals surface area contributed by atoms with E-state index in [0.717, 1.165) is 22.2 Å². The van der Waals surface area contributed by atoms with Gasteiger partial charge in [0.15, 0.2) is 16.6 Å². The van der Waals surface area contributed by atoms with Crippen LogP contribution in [0.1, 0.15) is 41.9 Å². The number of thioether (sulfide) groups is 1. The molecular formula is C27H24BrN3O3S. The highest BCUT2D eigenvalue weighted by Crippen LogP contribution is 2.31. The van der Waals surface area contributed by atoms with Crippen LogP contribution in [-0.4, -0.2) is 31.7 Å². The number of halogens is 1. The molecule has 0 aliphatic carbocycles. The van der Waals surface area contributed by atoms with Crippen molar-refractivity contribution >= 4 is 44.5 Å². The number of carbonyl (C=O) groups is 1. The van der Waals surface area contributed by atoms with Gasteiger partial charge in [-0.1, -0.05) is 64.9 Å². The van der Waals surface area contributed by atoms with Crippen molar-refractivity contribution in [2.45, 2.75) is 44.1 Å². The molecule has 8 heteroatoms. The van der Waals surface area contributed by atoms with Crippen LogP contribution in [0, 0.1) is 0 Å². The molecule has 2 aromatic carbocycles. The van der Waals surface area contributed by atoms with Gasteiger partial charge in [-0.3, -0.25) is 14.2 Å². The van der Waals surface area contributed by atoms with E-state index in [1.165, 1.54) is 11.8 Å². The molecule has 2 aromatic heterocycles. The molecule has 0 amide bonds. The first-order chi connectivity index (χ1) is 16.9. The second kappa shape index (κ2) is 9.68. The minimum Gasteiger partial charge on any atom is -0.370 e. The van der Waals surface area contributed by atoms with Gasteiger partial charge in [-0.25, -0.2) is 9.97 Å². The van der Waals surface area contributed by atoms with Crippen LogP contribution in [0.3, 0.4) is 0 Å². The molecule has 5 rings (SSSR count). The van der Waals surface area contributed by atoms with Crippen molar-refractivity contribution < 1.29 is 9.53 Å². The highest BCUT2D eigenvalue weighted by molar-refractivity contribution is 9.10. The number of benzene rings is 2. The lowest BCUT2D eigenvalue weighted by Crippen LogP contribution is -2.35. The molecule has 0 saturated heterocycles. The third-order valence-corrected chi connectivity index (χ3v) is 7.84. The molecule has 35 heavy (non-hydrogen) atoms. The quantitative estimate of drug-likeness (QED) is 0.173. The van der Waals surface area contributed by atoms with Crippen LogP contribution < -0.4 is 5.56 Å². The van der Waals surface area contributed by atoms with Crippen LogP contribution in [0.2, 0.25) is 0 Å². The SMILES string of the molecule is CC[C@@]1(C)Cc2nc3nc(SCC(=O)c4ccc(Br)cc4)n(-c4ccccc4)c(=O)c3cc2CO1. The van der Waals surface area contributed by atoms with Gasteiger partial charge in [0.25, 0.3) is 5.56 Å². The monoisotopic (exact) mass is 549 g/mol. The Morgan fingerprint density at radius 1 is 1.14 bits per heavy atom. The number of carbonyl (C=O) groups excluding carboxylic acids is 1. The molecule has 0 radical (unpaired) electrons. The number of para-hydroxylation sites is 1. The van der Waals surface area contributed by atoms with E-state index in [0.29, 0.717) is 40.5 Å². The third-order valence-electron chi connectivity index (χ3n) is 6.38. The summed E-state index contributed by atoms with van der Waals surface area (Å²) in [6, 6.07) is 18.5. The zero-order valence-corrected chi connectivity index (χ0v) is 21.9. The van der Waals surface area contributed by atoms with Crippen molar-refractivity contribution in [2.24, 2.45) is 0 Å². The van der Waals surface area contributed by atoms with Crippen LogP contribution in [0.15, 0.2) is 75.1 Å². The second-order valence-electron chi connectivity index (χ2n) is 8.82. The summed E-state index contributed by atoms with van der Waals surface area (Å²) in [5, 5.41) is 0.886. The Balaban J connectivity index is 1.58. The maximum atomic E-state index is 13.7. The Bertz CT molecular complexity index is 1470. The van der Waals surface area contributed by atoms with Gasteiger partial charge in [0.2, 0.25) is 0 Å². The van der Waals surface area contributed by atoms with E-state index in [2.05, 4.69) is 29.8 Å². The van der Waals surface area contributed by atoms with Crippen LogP contribution in [0.25, 0.3) is 16.7 Å². The van der Waals surface area contributed by atoms with E-state index in [9.17, 15) is 9.59 Å². The summed E-state index contributed by atoms with van der Waals surface area (Å²) in [5.41, 5.74) is 3.06. The Kier molecular flexibility index (Phi) is 6.61. The lowest BCUT2D eigenvalue weighted by molar-refractivity contribution is -0.0573. The molecule has 0 fully saturated rings. The summed E-state index contributed by atoms with van der Waals surface area (Å²) in [7, 11) is 0. The van der Waals surface area contributed by atoms with Gasteiger partial charge in [-0.15, -0.1) is 0 Å². The van der Waals surface area contributed by atoms with Gasteiger partial charge >= 0.3 is 0 Å². The van der Waals surface area contributed by atoms with Gasteiger partial charge in [0, 0.05) is 22.0 Å². The molecule has 0 N–H and O–H groups in total. The molecule has 1 atom stereocenters. The number of hydrogen-bond donors (Lipinski definition) is 0. The average Bonchev–Trinajstić information content (AvgIpc) is 2.87. The molecule has 1 aliphatic rings. The van der Waals surface area contributed by atoms with Crippen LogP contribution in [0.4, 0.5) is 0 Å². The number of rotatable bonds is 6. The van der Waals surface area contributed by atoms with Crippen LogP contribution in [-0.2, 0) is 17.8 Å². The Morgan fingerprint density at radius 2 is 1.89 bits per heavy atom. The number of ketones is 1. The molecule has 3 heterocycles. The maximum Gasteiger partial charge on any atom is 0.268 e. The second-order valence-corrected chi connectivity index (χ2v) is 10.7. The minimum atomic E-state index is -0.276. The first-order valence-electron chi connectivity index (χ1n) is 11.4. The molecule has 0 spiro atoms. The average molecular weight is 550 g/mol. The van der Waals surface area contributed by atoms with Crippen LogP contribution in [0.5, 0.6) is 0 Å². The van der Waals surface area contributed by atoms with E-state index < -0.39 is 0 Å². The topological polar surface area (TPSA) is 74.1 Å². The highest BCUT2D eigenvalue weighted by atomic mass is 79.9. The Morgan fingerprint density at radius 3 is 2.60 bits per heavy atom. The lowest BCUT2D eigenvalue weighted by atomic mass is 9.91. The predicted molar refractivity (Wildman–Crippen MR) is 142 cm³/mol. The molecule has 1 aliphatic heterocycles. The Labute approximate surface area is 215 Å². The summed E-state index contributed by atoms with van der Waals surface area (Å²) in [4.78, 5) is 36.1. The summed E-state index contributed by atoms with van der Waals surface area (Å²) in [5.74, 6) is 0.116. The fourth-order valence-corrected chi connectivity index (χ4v) is 5.25. The summed E-state index contributed by atoms with van der Waals surface area (Å²) in [6.45, 7) is 4.60. The first kappa shape index (κ1) is 23.9. The van der Waals surface area contributed by atoms with Gasteiger partial charge < -0.3 is 4.74 Å². The number of nitrogens with zero attached hydrogens (tertiary/aromatic N) is 3. The molecule has 4 aromatic rings. The normalized spacial score (nSPS) is 17.3. The lowest BCUT2D eigenvalue weighted by Gasteiger charge is -2.33. The van der Waals surface area contributed by atoms with Gasteiger partial charge in [-0.2, -0.15) is 0 Å². The van der Waals surface area contributed by atoms with Crippen molar-refractivity contribution in [3.8, 4) is 5.69 Å². The molecule has 0 bridgehead atoms. The van der Waals surface area contributed by atoms with E-state index >= 15 is 0 Å². The standard InChI is InChI=1S/C27H24BrN3O3S/c1-3-27(2)14-22-18(15-34-27)13-21-24(29-22)30-26(31(25(21)33)20-7-5-4-6-8-20)35-16-23(32)17-9-11-19(28)12-10-17/h4-13H,3,14-16H2,1-2H3/t27-/m0/s1. The molecular weight excluding hydrogens is 526 g/mol. The summed E-state index contributed by atoms with van der Waals surface area (Å²) >= 11 is 4.64. The van der Waals surface area contributed by atoms with Gasteiger partial charge in [0.05, 0.1) is 34.7 Å². The fourth-order valence-electron chi connectivity index (χ4n) is 4.09. The zero-order chi connectivity index (χ0) is 24.6. The van der Waals surface area contributed by atoms with E-state index in [1.807, 2.05) is 48.5 Å². The number of pyridine rings is 1.